The molecule has 0 amide bonds. The van der Waals surface area contributed by atoms with Crippen LogP contribution in [0, 0.1) is 0 Å². The van der Waals surface area contributed by atoms with Crippen LogP contribution >= 0.6 is 0 Å². The third kappa shape index (κ3) is 2.94. The van der Waals surface area contributed by atoms with E-state index in [1.165, 1.54) is 32.5 Å². The summed E-state index contributed by atoms with van der Waals surface area (Å²) in [7, 11) is 2.21. The first-order valence-electron chi connectivity index (χ1n) is 5.83. The largest absolute Gasteiger partial charge is 0.329 e. The lowest BCUT2D eigenvalue weighted by molar-refractivity contribution is 0.107. The van der Waals surface area contributed by atoms with Crippen molar-refractivity contribution in [3.63, 3.8) is 0 Å². The molecule has 1 aliphatic rings. The standard InChI is InChI=1S/C11H25N3/c1-4-14-7-5-11(6-8-14)13(3)10(2)9-12/h10-11H,4-9,12H2,1-3H3. The van der Waals surface area contributed by atoms with Crippen molar-refractivity contribution in [2.75, 3.05) is 33.2 Å². The maximum Gasteiger partial charge on any atom is 0.0190 e. The van der Waals surface area contributed by atoms with Crippen LogP contribution in [0.5, 0.6) is 0 Å². The van der Waals surface area contributed by atoms with Crippen molar-refractivity contribution in [3.8, 4) is 0 Å². The number of likely N-dealkylation sites (N-methyl/N-ethyl adjacent to an activating group) is 1. The average molecular weight is 199 g/mol. The highest BCUT2D eigenvalue weighted by molar-refractivity contribution is 4.80. The van der Waals surface area contributed by atoms with Crippen LogP contribution in [0.25, 0.3) is 0 Å². The van der Waals surface area contributed by atoms with Gasteiger partial charge in [0.1, 0.15) is 0 Å². The summed E-state index contributed by atoms with van der Waals surface area (Å²) in [6, 6.07) is 1.27. The Morgan fingerprint density at radius 1 is 1.43 bits per heavy atom. The van der Waals surface area contributed by atoms with Crippen LogP contribution in [0.1, 0.15) is 26.7 Å². The molecule has 1 saturated heterocycles. The number of piperidine rings is 1. The second-order valence-corrected chi connectivity index (χ2v) is 4.42. The molecule has 0 aromatic rings. The number of hydrogen-bond donors (Lipinski definition) is 1. The summed E-state index contributed by atoms with van der Waals surface area (Å²) >= 11 is 0. The Morgan fingerprint density at radius 3 is 2.43 bits per heavy atom. The van der Waals surface area contributed by atoms with Gasteiger partial charge in [0.25, 0.3) is 0 Å². The Hall–Kier alpha value is -0.120. The lowest BCUT2D eigenvalue weighted by atomic mass is 10.0. The Bertz CT molecular complexity index is 153. The summed E-state index contributed by atoms with van der Waals surface area (Å²) in [5.74, 6) is 0. The smallest absolute Gasteiger partial charge is 0.0190 e. The Morgan fingerprint density at radius 2 is 2.00 bits per heavy atom. The molecule has 3 nitrogen and oxygen atoms in total. The molecular weight excluding hydrogens is 174 g/mol. The second kappa shape index (κ2) is 5.69. The minimum Gasteiger partial charge on any atom is -0.329 e. The van der Waals surface area contributed by atoms with Crippen molar-refractivity contribution < 1.29 is 0 Å². The number of nitrogens with two attached hydrogens (primary N) is 1. The fourth-order valence-electron chi connectivity index (χ4n) is 2.17. The SMILES string of the molecule is CCN1CCC(N(C)C(C)CN)CC1. The zero-order chi connectivity index (χ0) is 10.6. The molecule has 3 heteroatoms. The van der Waals surface area contributed by atoms with Crippen LogP contribution in [0.2, 0.25) is 0 Å². The molecule has 0 bridgehead atoms. The summed E-state index contributed by atoms with van der Waals surface area (Å²) in [6.07, 6.45) is 2.60. The molecule has 0 aromatic carbocycles. The molecule has 0 aromatic heterocycles. The number of rotatable bonds is 4. The Balaban J connectivity index is 2.33. The third-order valence-electron chi connectivity index (χ3n) is 3.62. The summed E-state index contributed by atoms with van der Waals surface area (Å²) < 4.78 is 0. The van der Waals surface area contributed by atoms with Crippen LogP contribution in [0.3, 0.4) is 0 Å². The Kier molecular flexibility index (Phi) is 4.85. The van der Waals surface area contributed by atoms with Gasteiger partial charge in [0.05, 0.1) is 0 Å². The van der Waals surface area contributed by atoms with Gasteiger partial charge in [0, 0.05) is 18.6 Å². The van der Waals surface area contributed by atoms with Gasteiger partial charge in [-0.1, -0.05) is 6.92 Å². The molecule has 14 heavy (non-hydrogen) atoms. The molecule has 1 aliphatic heterocycles. The van der Waals surface area contributed by atoms with Gasteiger partial charge in [-0.15, -0.1) is 0 Å². The van der Waals surface area contributed by atoms with E-state index in [0.29, 0.717) is 6.04 Å². The predicted molar refractivity (Wildman–Crippen MR) is 61.4 cm³/mol. The molecule has 84 valence electrons. The van der Waals surface area contributed by atoms with Crippen LogP contribution in [-0.2, 0) is 0 Å². The summed E-state index contributed by atoms with van der Waals surface area (Å²) in [4.78, 5) is 4.98. The van der Waals surface area contributed by atoms with Gasteiger partial charge in [-0.25, -0.2) is 0 Å². The minimum atomic E-state index is 0.521. The molecule has 1 fully saturated rings. The van der Waals surface area contributed by atoms with E-state index >= 15 is 0 Å². The van der Waals surface area contributed by atoms with Crippen molar-refractivity contribution in [2.45, 2.75) is 38.8 Å². The molecule has 0 aliphatic carbocycles. The molecule has 0 radical (unpaired) electrons. The van der Waals surface area contributed by atoms with Gasteiger partial charge in [0.15, 0.2) is 0 Å². The summed E-state index contributed by atoms with van der Waals surface area (Å²) in [5.41, 5.74) is 5.68. The fourth-order valence-corrected chi connectivity index (χ4v) is 2.17. The molecule has 0 spiro atoms. The maximum absolute atomic E-state index is 5.68. The van der Waals surface area contributed by atoms with Gasteiger partial charge in [-0.2, -0.15) is 0 Å². The van der Waals surface area contributed by atoms with Crippen molar-refractivity contribution in [3.05, 3.63) is 0 Å². The monoisotopic (exact) mass is 199 g/mol. The lowest BCUT2D eigenvalue weighted by Gasteiger charge is -2.38. The van der Waals surface area contributed by atoms with E-state index in [1.54, 1.807) is 0 Å². The first-order chi connectivity index (χ1) is 6.69. The molecule has 2 N–H and O–H groups in total. The van der Waals surface area contributed by atoms with E-state index in [4.69, 9.17) is 5.73 Å². The number of nitrogens with zero attached hydrogens (tertiary/aromatic N) is 2. The number of hydrogen-bond acceptors (Lipinski definition) is 3. The molecule has 1 heterocycles. The van der Waals surface area contributed by atoms with Crippen LogP contribution < -0.4 is 5.73 Å². The van der Waals surface area contributed by atoms with E-state index in [1.807, 2.05) is 0 Å². The van der Waals surface area contributed by atoms with Gasteiger partial charge in [-0.3, -0.25) is 4.90 Å². The molecular formula is C11H25N3. The first kappa shape index (κ1) is 12.0. The minimum absolute atomic E-state index is 0.521. The van der Waals surface area contributed by atoms with Crippen molar-refractivity contribution in [1.82, 2.24) is 9.80 Å². The van der Waals surface area contributed by atoms with Crippen molar-refractivity contribution in [2.24, 2.45) is 5.73 Å². The van der Waals surface area contributed by atoms with Gasteiger partial charge < -0.3 is 10.6 Å². The van der Waals surface area contributed by atoms with Crippen molar-refractivity contribution >= 4 is 0 Å². The highest BCUT2D eigenvalue weighted by Gasteiger charge is 2.23. The molecule has 1 atom stereocenters. The van der Waals surface area contributed by atoms with Crippen LogP contribution in [-0.4, -0.2) is 55.1 Å². The summed E-state index contributed by atoms with van der Waals surface area (Å²) in [6.45, 7) is 8.93. The highest BCUT2D eigenvalue weighted by atomic mass is 15.2. The molecule has 1 unspecified atom stereocenters. The predicted octanol–water partition coefficient (Wildman–Crippen LogP) is 0.750. The highest BCUT2D eigenvalue weighted by Crippen LogP contribution is 2.16. The fraction of sp³-hybridized carbons (Fsp3) is 1.00. The topological polar surface area (TPSA) is 32.5 Å². The van der Waals surface area contributed by atoms with Crippen molar-refractivity contribution in [1.29, 1.82) is 0 Å². The van der Waals surface area contributed by atoms with Gasteiger partial charge in [0.2, 0.25) is 0 Å². The number of likely N-dealkylation sites (tertiary alicyclic amines) is 1. The Labute approximate surface area is 88.2 Å². The van der Waals surface area contributed by atoms with E-state index < -0.39 is 0 Å². The molecule has 1 rings (SSSR count). The second-order valence-electron chi connectivity index (χ2n) is 4.42. The van der Waals surface area contributed by atoms with E-state index in [-0.39, 0.29) is 0 Å². The zero-order valence-corrected chi connectivity index (χ0v) is 9.87. The molecule has 0 saturated carbocycles. The first-order valence-corrected chi connectivity index (χ1v) is 5.83. The maximum atomic E-state index is 5.68. The van der Waals surface area contributed by atoms with Gasteiger partial charge in [-0.05, 0) is 46.4 Å². The van der Waals surface area contributed by atoms with Crippen LogP contribution in [0.15, 0.2) is 0 Å². The van der Waals surface area contributed by atoms with E-state index in [2.05, 4.69) is 30.7 Å². The third-order valence-corrected chi connectivity index (χ3v) is 3.62. The van der Waals surface area contributed by atoms with Gasteiger partial charge >= 0.3 is 0 Å². The quantitative estimate of drug-likeness (QED) is 0.725. The zero-order valence-electron chi connectivity index (χ0n) is 9.87. The normalized spacial score (nSPS) is 22.9. The average Bonchev–Trinajstić information content (AvgIpc) is 2.27. The summed E-state index contributed by atoms with van der Waals surface area (Å²) in [5, 5.41) is 0. The lowest BCUT2D eigenvalue weighted by Crippen LogP contribution is -2.48. The van der Waals surface area contributed by atoms with E-state index in [9.17, 15) is 0 Å². The van der Waals surface area contributed by atoms with Crippen LogP contribution in [0.4, 0.5) is 0 Å². The van der Waals surface area contributed by atoms with E-state index in [0.717, 1.165) is 12.6 Å².